The molecule has 4 heteroatoms. The van der Waals surface area contributed by atoms with Crippen molar-refractivity contribution in [1.29, 1.82) is 0 Å². The van der Waals surface area contributed by atoms with Gasteiger partial charge in [-0.05, 0) is 45.9 Å². The summed E-state index contributed by atoms with van der Waals surface area (Å²) in [6.07, 6.45) is 0. The fraction of sp³-hybridized carbons (Fsp3) is 0.167. The van der Waals surface area contributed by atoms with Gasteiger partial charge in [-0.25, -0.2) is 0 Å². The third-order valence-electron chi connectivity index (χ3n) is 2.45. The van der Waals surface area contributed by atoms with E-state index in [2.05, 4.69) is 32.7 Å². The van der Waals surface area contributed by atoms with Gasteiger partial charge in [-0.2, -0.15) is 0 Å². The Labute approximate surface area is 108 Å². The first kappa shape index (κ1) is 11.5. The van der Waals surface area contributed by atoms with Crippen molar-refractivity contribution in [3.05, 3.63) is 44.6 Å². The lowest BCUT2D eigenvalue weighted by Crippen LogP contribution is -2.02. The van der Waals surface area contributed by atoms with Gasteiger partial charge in [0.05, 0.1) is 17.9 Å². The quantitative estimate of drug-likeness (QED) is 0.840. The molecule has 0 unspecified atom stereocenters. The lowest BCUT2D eigenvalue weighted by Gasteiger charge is -2.10. The van der Waals surface area contributed by atoms with Gasteiger partial charge in [0.1, 0.15) is 0 Å². The molecule has 1 heterocycles. The summed E-state index contributed by atoms with van der Waals surface area (Å²) in [5.41, 5.74) is 8.93. The van der Waals surface area contributed by atoms with Crippen molar-refractivity contribution < 1.29 is 0 Å². The van der Waals surface area contributed by atoms with Crippen LogP contribution >= 0.6 is 27.3 Å². The molecule has 2 aromatic rings. The van der Waals surface area contributed by atoms with Crippen LogP contribution in [0.3, 0.4) is 0 Å². The molecule has 0 bridgehead atoms. The molecule has 0 saturated carbocycles. The van der Waals surface area contributed by atoms with Crippen LogP contribution in [0.15, 0.2) is 34.1 Å². The summed E-state index contributed by atoms with van der Waals surface area (Å²) in [6.45, 7) is 2.81. The maximum Gasteiger partial charge on any atom is 0.0579 e. The van der Waals surface area contributed by atoms with Crippen molar-refractivity contribution in [3.63, 3.8) is 0 Å². The van der Waals surface area contributed by atoms with Crippen molar-refractivity contribution in [2.45, 2.75) is 13.5 Å². The van der Waals surface area contributed by atoms with Crippen LogP contribution in [0.4, 0.5) is 11.4 Å². The molecule has 0 spiro atoms. The molecule has 0 amide bonds. The SMILES string of the molecule is Cc1cccc(NCc2sccc2Br)c1N. The number of anilines is 2. The Morgan fingerprint density at radius 1 is 1.38 bits per heavy atom. The van der Waals surface area contributed by atoms with Crippen molar-refractivity contribution in [2.24, 2.45) is 0 Å². The van der Waals surface area contributed by atoms with E-state index in [4.69, 9.17) is 5.73 Å². The minimum Gasteiger partial charge on any atom is -0.397 e. The van der Waals surface area contributed by atoms with Crippen LogP contribution in [0.1, 0.15) is 10.4 Å². The zero-order valence-corrected chi connectivity index (χ0v) is 11.4. The van der Waals surface area contributed by atoms with E-state index in [1.807, 2.05) is 25.1 Å². The molecule has 0 aliphatic heterocycles. The van der Waals surface area contributed by atoms with E-state index in [0.717, 1.165) is 28.0 Å². The number of thiophene rings is 1. The minimum absolute atomic E-state index is 0.798. The summed E-state index contributed by atoms with van der Waals surface area (Å²) in [6, 6.07) is 8.09. The summed E-state index contributed by atoms with van der Waals surface area (Å²) >= 11 is 5.24. The van der Waals surface area contributed by atoms with E-state index in [-0.39, 0.29) is 0 Å². The normalized spacial score (nSPS) is 10.4. The molecule has 0 aliphatic carbocycles. The van der Waals surface area contributed by atoms with Crippen LogP contribution in [0, 0.1) is 6.92 Å². The van der Waals surface area contributed by atoms with Gasteiger partial charge in [-0.3, -0.25) is 0 Å². The Kier molecular flexibility index (Phi) is 3.51. The molecule has 16 heavy (non-hydrogen) atoms. The molecular weight excluding hydrogens is 284 g/mol. The van der Waals surface area contributed by atoms with E-state index in [1.54, 1.807) is 11.3 Å². The van der Waals surface area contributed by atoms with Gasteiger partial charge in [0.15, 0.2) is 0 Å². The highest BCUT2D eigenvalue weighted by atomic mass is 79.9. The van der Waals surface area contributed by atoms with Gasteiger partial charge < -0.3 is 11.1 Å². The molecule has 1 aromatic carbocycles. The van der Waals surface area contributed by atoms with Gasteiger partial charge in [-0.15, -0.1) is 11.3 Å². The standard InChI is InChI=1S/C12H13BrN2S/c1-8-3-2-4-10(12(8)14)15-7-11-9(13)5-6-16-11/h2-6,15H,7,14H2,1H3. The molecule has 2 nitrogen and oxygen atoms in total. The van der Waals surface area contributed by atoms with Crippen LogP contribution in [-0.2, 0) is 6.54 Å². The average Bonchev–Trinajstić information content (AvgIpc) is 2.67. The van der Waals surface area contributed by atoms with Gasteiger partial charge in [-0.1, -0.05) is 12.1 Å². The number of aryl methyl sites for hydroxylation is 1. The van der Waals surface area contributed by atoms with Crippen molar-refractivity contribution >= 4 is 38.6 Å². The highest BCUT2D eigenvalue weighted by Crippen LogP contribution is 2.26. The number of nitrogens with one attached hydrogen (secondary N) is 1. The van der Waals surface area contributed by atoms with Gasteiger partial charge in [0.25, 0.3) is 0 Å². The number of nitrogens with two attached hydrogens (primary N) is 1. The second-order valence-electron chi connectivity index (χ2n) is 3.58. The summed E-state index contributed by atoms with van der Waals surface area (Å²) < 4.78 is 1.15. The first-order valence-corrected chi connectivity index (χ1v) is 6.66. The largest absolute Gasteiger partial charge is 0.397 e. The first-order valence-electron chi connectivity index (χ1n) is 4.99. The van der Waals surface area contributed by atoms with Crippen LogP contribution in [0.5, 0.6) is 0 Å². The maximum atomic E-state index is 5.99. The Morgan fingerprint density at radius 3 is 2.88 bits per heavy atom. The fourth-order valence-electron chi connectivity index (χ4n) is 1.46. The monoisotopic (exact) mass is 296 g/mol. The maximum absolute atomic E-state index is 5.99. The Balaban J connectivity index is 2.11. The number of para-hydroxylation sites is 1. The third kappa shape index (κ3) is 2.39. The molecule has 3 N–H and O–H groups in total. The minimum atomic E-state index is 0.798. The van der Waals surface area contributed by atoms with Crippen LogP contribution in [0.25, 0.3) is 0 Å². The van der Waals surface area contributed by atoms with Crippen molar-refractivity contribution in [3.8, 4) is 0 Å². The Morgan fingerprint density at radius 2 is 2.19 bits per heavy atom. The number of rotatable bonds is 3. The molecule has 1 aromatic heterocycles. The number of halogens is 1. The number of benzene rings is 1. The second-order valence-corrected chi connectivity index (χ2v) is 5.44. The zero-order chi connectivity index (χ0) is 11.5. The molecule has 2 rings (SSSR count). The summed E-state index contributed by atoms with van der Waals surface area (Å²) in [5, 5.41) is 5.42. The Hall–Kier alpha value is -1.00. The first-order chi connectivity index (χ1) is 7.68. The summed E-state index contributed by atoms with van der Waals surface area (Å²) in [7, 11) is 0. The van der Waals surface area contributed by atoms with Crippen LogP contribution in [-0.4, -0.2) is 0 Å². The van der Waals surface area contributed by atoms with E-state index in [0.29, 0.717) is 0 Å². The number of hydrogen-bond acceptors (Lipinski definition) is 3. The van der Waals surface area contributed by atoms with Gasteiger partial charge >= 0.3 is 0 Å². The van der Waals surface area contributed by atoms with Gasteiger partial charge in [0.2, 0.25) is 0 Å². The number of hydrogen-bond donors (Lipinski definition) is 2. The fourth-order valence-corrected chi connectivity index (χ4v) is 2.89. The average molecular weight is 297 g/mol. The molecule has 0 radical (unpaired) electrons. The molecule has 84 valence electrons. The van der Waals surface area contributed by atoms with Crippen molar-refractivity contribution in [2.75, 3.05) is 11.1 Å². The molecule has 0 saturated heterocycles. The van der Waals surface area contributed by atoms with Crippen LogP contribution in [0.2, 0.25) is 0 Å². The van der Waals surface area contributed by atoms with E-state index >= 15 is 0 Å². The second kappa shape index (κ2) is 4.89. The topological polar surface area (TPSA) is 38.0 Å². The molecule has 0 fully saturated rings. The third-order valence-corrected chi connectivity index (χ3v) is 4.38. The van der Waals surface area contributed by atoms with E-state index in [1.165, 1.54) is 4.88 Å². The molecule has 0 atom stereocenters. The van der Waals surface area contributed by atoms with E-state index < -0.39 is 0 Å². The predicted octanol–water partition coefficient (Wildman–Crippen LogP) is 4.01. The predicted molar refractivity (Wildman–Crippen MR) is 74.9 cm³/mol. The highest BCUT2D eigenvalue weighted by molar-refractivity contribution is 9.10. The van der Waals surface area contributed by atoms with Crippen molar-refractivity contribution in [1.82, 2.24) is 0 Å². The zero-order valence-electron chi connectivity index (χ0n) is 8.96. The van der Waals surface area contributed by atoms with E-state index in [9.17, 15) is 0 Å². The number of nitrogen functional groups attached to an aromatic ring is 1. The smallest absolute Gasteiger partial charge is 0.0579 e. The van der Waals surface area contributed by atoms with Crippen LogP contribution < -0.4 is 11.1 Å². The summed E-state index contributed by atoms with van der Waals surface area (Å²) in [5.74, 6) is 0. The van der Waals surface area contributed by atoms with Gasteiger partial charge in [0, 0.05) is 9.35 Å². The molecule has 0 aliphatic rings. The highest BCUT2D eigenvalue weighted by Gasteiger charge is 2.03. The molecular formula is C12H13BrN2S. The lowest BCUT2D eigenvalue weighted by atomic mass is 10.2. The summed E-state index contributed by atoms with van der Waals surface area (Å²) in [4.78, 5) is 1.28. The Bertz CT molecular complexity index is 494. The lowest BCUT2D eigenvalue weighted by molar-refractivity contribution is 1.18.